The molecule has 2 N–H and O–H groups in total. The molecular weight excluding hydrogens is 805 g/mol. The number of oxazole rings is 2. The van der Waals surface area contributed by atoms with Gasteiger partial charge in [-0.2, -0.15) is 10.0 Å². The number of nitrogens with one attached hydrogen (secondary N) is 2. The van der Waals surface area contributed by atoms with Crippen molar-refractivity contribution >= 4 is 141 Å². The number of aromatic amines is 2. The second-order valence-electron chi connectivity index (χ2n) is 6.53. The van der Waals surface area contributed by atoms with Gasteiger partial charge in [-0.3, -0.25) is 9.59 Å². The predicted molar refractivity (Wildman–Crippen MR) is 172 cm³/mol. The number of aromatic nitrogens is 6. The van der Waals surface area contributed by atoms with Crippen LogP contribution in [0, 0.1) is 0 Å². The number of carbonyl (C=O) groups excluding carboxylic acids is 2. The Balaban J connectivity index is 0.000000275. The molecule has 0 fully saturated rings. The normalized spacial score (nSPS) is 9.53. The Morgan fingerprint density at radius 3 is 1.28 bits per heavy atom. The molecule has 4 heterocycles. The van der Waals surface area contributed by atoms with Crippen molar-refractivity contribution in [2.75, 3.05) is 10.0 Å². The van der Waals surface area contributed by atoms with Crippen LogP contribution >= 0.6 is 74.1 Å². The van der Waals surface area contributed by atoms with Crippen LogP contribution in [0.3, 0.4) is 0 Å². The van der Waals surface area contributed by atoms with Gasteiger partial charge in [0.1, 0.15) is 12.5 Å². The van der Waals surface area contributed by atoms with Gasteiger partial charge in [0, 0.05) is 24.8 Å². The van der Waals surface area contributed by atoms with E-state index in [1.54, 1.807) is 0 Å². The van der Waals surface area contributed by atoms with E-state index >= 15 is 0 Å². The van der Waals surface area contributed by atoms with Gasteiger partial charge >= 0.3 is 49.1 Å². The van der Waals surface area contributed by atoms with E-state index in [1.165, 1.54) is 49.7 Å². The van der Waals surface area contributed by atoms with Gasteiger partial charge in [0.05, 0.1) is 12.4 Å². The summed E-state index contributed by atoms with van der Waals surface area (Å²) in [4.78, 5) is 45.5. The van der Waals surface area contributed by atoms with E-state index < -0.39 is 30.3 Å². The number of nitrogens with zero attached hydrogens (tertiary/aromatic N) is 8. The third-order valence-electron chi connectivity index (χ3n) is 4.10. The van der Waals surface area contributed by atoms with E-state index in [0.29, 0.717) is 0 Å². The Hall–Kier alpha value is -2.83. The van der Waals surface area contributed by atoms with E-state index in [4.69, 9.17) is 89.8 Å². The Morgan fingerprint density at radius 2 is 1.07 bits per heavy atom. The molecule has 25 heteroatoms. The van der Waals surface area contributed by atoms with Gasteiger partial charge in [-0.25, -0.2) is 30.0 Å². The number of thiocarbonyl (C=S) groups is 4. The molecule has 0 saturated heterocycles. The molecule has 0 unspecified atom stereocenters. The molecule has 0 aliphatic rings. The molecule has 224 valence electrons. The van der Waals surface area contributed by atoms with Crippen molar-refractivity contribution in [3.8, 4) is 0 Å². The molecule has 0 aromatic carbocycles. The molecule has 0 radical (unpaired) electrons. The van der Waals surface area contributed by atoms with Gasteiger partial charge in [-0.15, -0.1) is 25.3 Å². The van der Waals surface area contributed by atoms with E-state index in [2.05, 4.69) is 55.2 Å². The van der Waals surface area contributed by atoms with Crippen molar-refractivity contribution in [3.63, 3.8) is 0 Å². The molecule has 0 saturated carbocycles. The van der Waals surface area contributed by atoms with Gasteiger partial charge < -0.3 is 68.5 Å². The van der Waals surface area contributed by atoms with Crippen LogP contribution in [0.15, 0.2) is 58.5 Å². The summed E-state index contributed by atoms with van der Waals surface area (Å²) in [6.45, 7) is 0. The number of hydrogen-bond acceptors (Lipinski definition) is 16. The Bertz CT molecular complexity index is 1470. The summed E-state index contributed by atoms with van der Waals surface area (Å²) in [5.41, 5.74) is 0. The van der Waals surface area contributed by atoms with Crippen molar-refractivity contribution in [2.24, 2.45) is 0 Å². The third-order valence-corrected chi connectivity index (χ3v) is 5.51. The number of carbonyl (C=O) groups is 2. The average molecular weight is 817 g/mol. The van der Waals surface area contributed by atoms with Crippen molar-refractivity contribution in [2.45, 2.75) is 0 Å². The van der Waals surface area contributed by atoms with E-state index in [0.717, 1.165) is 20.0 Å². The molecule has 0 aliphatic carbocycles. The van der Waals surface area contributed by atoms with Crippen molar-refractivity contribution in [3.05, 3.63) is 61.4 Å². The molecular formula is C18H12MoN10O6S8. The second-order valence-corrected chi connectivity index (χ2v) is 11.2. The number of hydrazine groups is 2. The molecule has 0 bridgehead atoms. The topological polar surface area (TPSA) is 191 Å². The van der Waals surface area contributed by atoms with Crippen molar-refractivity contribution < 1.29 is 43.7 Å². The fourth-order valence-electron chi connectivity index (χ4n) is 2.62. The Morgan fingerprint density at radius 1 is 0.721 bits per heavy atom. The average Bonchev–Trinajstić information content (AvgIpc) is 3.78. The van der Waals surface area contributed by atoms with Gasteiger partial charge in [-0.05, 0) is 8.64 Å². The summed E-state index contributed by atoms with van der Waals surface area (Å²) in [6, 6.07) is 0.00242. The molecule has 43 heavy (non-hydrogen) atoms. The zero-order valence-corrected chi connectivity index (χ0v) is 29.1. The minimum atomic E-state index is -2.03. The SMILES string of the molecule is O=C(c1ncc[nH]1)N(C(=S)S)N(C(=S)[S-])c1ncco1.O=C(c1ncc[nH]1)N(C(=S)S)N(C(=S)[S-])c1ncco1.[O]=[Mo+2]=[O]. The molecule has 16 nitrogen and oxygen atoms in total. The maximum atomic E-state index is 12.4. The second kappa shape index (κ2) is 18.1. The first-order valence-electron chi connectivity index (χ1n) is 10.3. The van der Waals surface area contributed by atoms with Crippen molar-refractivity contribution in [1.29, 1.82) is 0 Å². The van der Waals surface area contributed by atoms with Crippen LogP contribution in [0.5, 0.6) is 0 Å². The third kappa shape index (κ3) is 10.1. The molecule has 0 aliphatic heterocycles. The molecule has 0 atom stereocenters. The maximum absolute atomic E-state index is 12.4. The number of rotatable bonds is 4. The van der Waals surface area contributed by atoms with E-state index in [1.807, 2.05) is 0 Å². The van der Waals surface area contributed by atoms with Crippen LogP contribution in [0.2, 0.25) is 0 Å². The molecule has 2 amide bonds. The predicted octanol–water partition coefficient (Wildman–Crippen LogP) is 2.38. The van der Waals surface area contributed by atoms with Gasteiger partial charge in [0.25, 0.3) is 0 Å². The zero-order chi connectivity index (χ0) is 32.1. The minimum absolute atomic E-state index is 0.00121. The van der Waals surface area contributed by atoms with Crippen LogP contribution in [0.1, 0.15) is 21.2 Å². The first kappa shape index (κ1) is 36.4. The van der Waals surface area contributed by atoms with E-state index in [-0.39, 0.29) is 41.0 Å². The fraction of sp³-hybridized carbons (Fsp3) is 0. The van der Waals surface area contributed by atoms with Crippen LogP contribution < -0.4 is 10.0 Å². The summed E-state index contributed by atoms with van der Waals surface area (Å²) in [5, 5.41) is 4.01. The number of anilines is 2. The molecule has 0 spiro atoms. The number of amides is 2. The fourth-order valence-corrected chi connectivity index (χ4v) is 3.95. The van der Waals surface area contributed by atoms with Gasteiger partial charge in [0.15, 0.2) is 20.3 Å². The molecule has 4 rings (SSSR count). The standard InChI is InChI=1S/2C9H7N5O2S4.Mo.2O/c2*15-6(5-10-1-2-11-5)13(8(17)18)14(9(19)20)7-12-3-4-16-7;;;/h2*1-4H,(H,10,11)(H,17,18)(H,19,20);;;/q;;+2;;/p-2. The zero-order valence-electron chi connectivity index (χ0n) is 20.4. The van der Waals surface area contributed by atoms with Crippen LogP contribution in [0.25, 0.3) is 0 Å². The Kier molecular flexibility index (Phi) is 15.3. The number of H-pyrrole nitrogens is 2. The summed E-state index contributed by atoms with van der Waals surface area (Å²) in [5.74, 6) is -1.10. The first-order chi connectivity index (χ1) is 20.5. The quantitative estimate of drug-likeness (QED) is 0.0772. The summed E-state index contributed by atoms with van der Waals surface area (Å²) in [6.07, 6.45) is 11.2. The van der Waals surface area contributed by atoms with Crippen molar-refractivity contribution in [1.82, 2.24) is 39.9 Å². The van der Waals surface area contributed by atoms with Crippen LogP contribution in [-0.2, 0) is 50.5 Å². The van der Waals surface area contributed by atoms with Gasteiger partial charge in [-0.1, -0.05) is 24.4 Å². The summed E-state index contributed by atoms with van der Waals surface area (Å²) < 4.78 is 26.8. The van der Waals surface area contributed by atoms with Gasteiger partial charge in [0.2, 0.25) is 0 Å². The van der Waals surface area contributed by atoms with Crippen LogP contribution in [-0.4, -0.2) is 69.0 Å². The van der Waals surface area contributed by atoms with Crippen LogP contribution in [0.4, 0.5) is 12.0 Å². The molecule has 4 aromatic rings. The van der Waals surface area contributed by atoms with E-state index in [9.17, 15) is 9.59 Å². The molecule has 4 aromatic heterocycles. The monoisotopic (exact) mass is 818 g/mol. The number of imidazole rings is 2. The number of hydrogen-bond donors (Lipinski definition) is 4. The summed E-state index contributed by atoms with van der Waals surface area (Å²) in [7, 11) is 0. The summed E-state index contributed by atoms with van der Waals surface area (Å²) >= 11 is 35.6. The Labute approximate surface area is 293 Å². The number of thiol groups is 2. The first-order valence-corrected chi connectivity index (χ1v) is 15.3.